The van der Waals surface area contributed by atoms with Gasteiger partial charge in [-0.25, -0.2) is 4.79 Å². The fourth-order valence-corrected chi connectivity index (χ4v) is 3.89. The number of piperidine rings is 1. The van der Waals surface area contributed by atoms with Crippen molar-refractivity contribution in [1.82, 2.24) is 9.47 Å². The number of β-amino-alcohol motifs (C(OH)–C–C–N with tert-alkyl or cyclic N) is 1. The molecule has 0 amide bonds. The number of aliphatic hydroxyl groups is 1. The first-order valence-corrected chi connectivity index (χ1v) is 10.2. The molecule has 3 rings (SSSR count). The fraction of sp³-hybridized carbons (Fsp3) is 0.591. The van der Waals surface area contributed by atoms with Gasteiger partial charge in [0, 0.05) is 30.2 Å². The first-order chi connectivity index (χ1) is 13.4. The predicted octanol–water partition coefficient (Wildman–Crippen LogP) is 3.14. The predicted molar refractivity (Wildman–Crippen MR) is 110 cm³/mol. The third kappa shape index (κ3) is 4.50. The molecule has 1 N–H and O–H groups in total. The molecule has 1 saturated heterocycles. The largest absolute Gasteiger partial charge is 0.491 e. The number of hydrogen-bond donors (Lipinski definition) is 1. The third-order valence-electron chi connectivity index (χ3n) is 5.73. The highest BCUT2D eigenvalue weighted by Crippen LogP contribution is 2.29. The second-order valence-corrected chi connectivity index (χ2v) is 7.87. The Hall–Kier alpha value is -2.05. The lowest BCUT2D eigenvalue weighted by molar-refractivity contribution is 0.0527. The lowest BCUT2D eigenvalue weighted by atomic mass is 9.99. The number of aromatic nitrogens is 1. The maximum atomic E-state index is 12.4. The minimum atomic E-state index is -0.536. The molecule has 0 spiro atoms. The average molecular weight is 389 g/mol. The molecule has 1 aliphatic rings. The maximum absolute atomic E-state index is 12.4. The second kappa shape index (κ2) is 8.97. The van der Waals surface area contributed by atoms with Crippen LogP contribution in [0.4, 0.5) is 0 Å². The standard InChI is InChI=1S/C22H32N2O4/c1-5-27-22(26)21-16(3)23(4)20-7-6-18(12-19(20)21)28-14-17(25)13-24-10-8-15(2)9-11-24/h6-7,12,15,17,25H,5,8-11,13-14H2,1-4H3/t17-/m0/s1. The summed E-state index contributed by atoms with van der Waals surface area (Å²) < 4.78 is 13.0. The van der Waals surface area contributed by atoms with E-state index in [1.165, 1.54) is 12.8 Å². The van der Waals surface area contributed by atoms with Gasteiger partial charge in [-0.2, -0.15) is 0 Å². The quantitative estimate of drug-likeness (QED) is 0.739. The Balaban J connectivity index is 1.68. The smallest absolute Gasteiger partial charge is 0.340 e. The van der Waals surface area contributed by atoms with Crippen molar-refractivity contribution in [2.75, 3.05) is 32.8 Å². The highest BCUT2D eigenvalue weighted by atomic mass is 16.5. The summed E-state index contributed by atoms with van der Waals surface area (Å²) in [6, 6.07) is 5.69. The van der Waals surface area contributed by atoms with Gasteiger partial charge in [-0.3, -0.25) is 0 Å². The van der Waals surface area contributed by atoms with Gasteiger partial charge >= 0.3 is 5.97 Å². The van der Waals surface area contributed by atoms with Crippen molar-refractivity contribution < 1.29 is 19.4 Å². The summed E-state index contributed by atoms with van der Waals surface area (Å²) in [5, 5.41) is 11.2. The Morgan fingerprint density at radius 2 is 2.04 bits per heavy atom. The summed E-state index contributed by atoms with van der Waals surface area (Å²) in [6.07, 6.45) is 1.84. The van der Waals surface area contributed by atoms with E-state index in [4.69, 9.17) is 9.47 Å². The summed E-state index contributed by atoms with van der Waals surface area (Å²) in [6.45, 7) is 9.28. The van der Waals surface area contributed by atoms with Gasteiger partial charge in [0.05, 0.1) is 12.2 Å². The van der Waals surface area contributed by atoms with Crippen molar-refractivity contribution in [3.05, 3.63) is 29.5 Å². The van der Waals surface area contributed by atoms with Crippen LogP contribution in [0.1, 0.15) is 42.7 Å². The van der Waals surface area contributed by atoms with Crippen LogP contribution in [0.15, 0.2) is 18.2 Å². The Kier molecular flexibility index (Phi) is 6.62. The SMILES string of the molecule is CCOC(=O)c1c(C)n(C)c2ccc(OC[C@@H](O)CN3CCC(C)CC3)cc12. The molecule has 28 heavy (non-hydrogen) atoms. The van der Waals surface area contributed by atoms with E-state index in [0.29, 0.717) is 24.5 Å². The van der Waals surface area contributed by atoms with Gasteiger partial charge < -0.3 is 24.0 Å². The summed E-state index contributed by atoms with van der Waals surface area (Å²) in [5.74, 6) is 1.11. The van der Waals surface area contributed by atoms with Gasteiger partial charge in [0.2, 0.25) is 0 Å². The zero-order chi connectivity index (χ0) is 20.3. The van der Waals surface area contributed by atoms with Gasteiger partial charge in [0.25, 0.3) is 0 Å². The van der Waals surface area contributed by atoms with Gasteiger partial charge in [-0.05, 0) is 63.9 Å². The van der Waals surface area contributed by atoms with Crippen molar-refractivity contribution in [3.63, 3.8) is 0 Å². The van der Waals surface area contributed by atoms with E-state index in [1.54, 1.807) is 6.92 Å². The van der Waals surface area contributed by atoms with Crippen LogP contribution >= 0.6 is 0 Å². The van der Waals surface area contributed by atoms with Crippen LogP contribution in [0.3, 0.4) is 0 Å². The molecule has 1 aliphatic heterocycles. The molecule has 1 atom stereocenters. The molecular formula is C22H32N2O4. The number of nitrogens with zero attached hydrogens (tertiary/aromatic N) is 2. The molecule has 0 bridgehead atoms. The van der Waals surface area contributed by atoms with Gasteiger partial charge in [0.1, 0.15) is 18.5 Å². The number of carbonyl (C=O) groups excluding carboxylic acids is 1. The summed E-state index contributed by atoms with van der Waals surface area (Å²) >= 11 is 0. The molecule has 1 fully saturated rings. The topological polar surface area (TPSA) is 63.9 Å². The highest BCUT2D eigenvalue weighted by Gasteiger charge is 2.21. The maximum Gasteiger partial charge on any atom is 0.340 e. The normalized spacial score (nSPS) is 17.0. The number of hydrogen-bond acceptors (Lipinski definition) is 5. The fourth-order valence-electron chi connectivity index (χ4n) is 3.89. The van der Waals surface area contributed by atoms with Crippen molar-refractivity contribution in [2.45, 2.75) is 39.7 Å². The molecule has 2 heterocycles. The number of fused-ring (bicyclic) bond motifs is 1. The Labute approximate surface area is 167 Å². The average Bonchev–Trinajstić information content (AvgIpc) is 2.92. The van der Waals surface area contributed by atoms with E-state index in [0.717, 1.165) is 35.6 Å². The number of esters is 1. The molecule has 154 valence electrons. The molecule has 1 aromatic heterocycles. The number of likely N-dealkylation sites (tertiary alicyclic amines) is 1. The lowest BCUT2D eigenvalue weighted by Gasteiger charge is -2.31. The zero-order valence-electron chi connectivity index (χ0n) is 17.4. The van der Waals surface area contributed by atoms with E-state index in [9.17, 15) is 9.90 Å². The van der Waals surface area contributed by atoms with Crippen molar-refractivity contribution in [1.29, 1.82) is 0 Å². The first kappa shape index (κ1) is 20.7. The van der Waals surface area contributed by atoms with Crippen LogP contribution in [0.5, 0.6) is 5.75 Å². The first-order valence-electron chi connectivity index (χ1n) is 10.2. The molecular weight excluding hydrogens is 356 g/mol. The summed E-state index contributed by atoms with van der Waals surface area (Å²) in [7, 11) is 1.93. The molecule has 0 radical (unpaired) electrons. The Morgan fingerprint density at radius 3 is 2.71 bits per heavy atom. The second-order valence-electron chi connectivity index (χ2n) is 7.87. The lowest BCUT2D eigenvalue weighted by Crippen LogP contribution is -2.40. The van der Waals surface area contributed by atoms with E-state index in [1.807, 2.05) is 36.7 Å². The Bertz CT molecular complexity index is 822. The number of rotatable bonds is 7. The van der Waals surface area contributed by atoms with Crippen LogP contribution < -0.4 is 4.74 Å². The van der Waals surface area contributed by atoms with Crippen molar-refractivity contribution >= 4 is 16.9 Å². The van der Waals surface area contributed by atoms with Crippen molar-refractivity contribution in [3.8, 4) is 5.75 Å². The molecule has 2 aromatic rings. The molecule has 6 nitrogen and oxygen atoms in total. The summed E-state index contributed by atoms with van der Waals surface area (Å²) in [4.78, 5) is 14.7. The van der Waals surface area contributed by atoms with Gasteiger partial charge in [0.15, 0.2) is 0 Å². The molecule has 0 saturated carbocycles. The molecule has 0 unspecified atom stereocenters. The van der Waals surface area contributed by atoms with E-state index >= 15 is 0 Å². The van der Waals surface area contributed by atoms with E-state index < -0.39 is 6.10 Å². The van der Waals surface area contributed by atoms with E-state index in [2.05, 4.69) is 11.8 Å². The number of ether oxygens (including phenoxy) is 2. The molecule has 0 aliphatic carbocycles. The minimum absolute atomic E-state index is 0.234. The number of carbonyl (C=O) groups is 1. The van der Waals surface area contributed by atoms with Crippen molar-refractivity contribution in [2.24, 2.45) is 13.0 Å². The van der Waals surface area contributed by atoms with Gasteiger partial charge in [-0.1, -0.05) is 6.92 Å². The van der Waals surface area contributed by atoms with Crippen LogP contribution in [0.2, 0.25) is 0 Å². The number of aliphatic hydroxyl groups excluding tert-OH is 1. The summed E-state index contributed by atoms with van der Waals surface area (Å²) in [5.41, 5.74) is 2.40. The molecule has 6 heteroatoms. The zero-order valence-corrected chi connectivity index (χ0v) is 17.4. The van der Waals surface area contributed by atoms with E-state index in [-0.39, 0.29) is 12.6 Å². The minimum Gasteiger partial charge on any atom is -0.491 e. The molecule has 1 aromatic carbocycles. The van der Waals surface area contributed by atoms with Crippen LogP contribution in [0.25, 0.3) is 10.9 Å². The number of benzene rings is 1. The highest BCUT2D eigenvalue weighted by molar-refractivity contribution is 6.06. The number of aryl methyl sites for hydroxylation is 1. The van der Waals surface area contributed by atoms with Crippen LogP contribution in [0, 0.1) is 12.8 Å². The third-order valence-corrected chi connectivity index (χ3v) is 5.73. The Morgan fingerprint density at radius 1 is 1.32 bits per heavy atom. The van der Waals surface area contributed by atoms with Gasteiger partial charge in [-0.15, -0.1) is 0 Å². The monoisotopic (exact) mass is 388 g/mol. The van der Waals surface area contributed by atoms with Crippen LogP contribution in [-0.2, 0) is 11.8 Å². The van der Waals surface area contributed by atoms with Crippen LogP contribution in [-0.4, -0.2) is 59.5 Å².